The second-order valence-corrected chi connectivity index (χ2v) is 10.7. The summed E-state index contributed by atoms with van der Waals surface area (Å²) in [6.07, 6.45) is 0.0415. The number of halogens is 1. The minimum absolute atomic E-state index is 0.0415. The average molecular weight is 557 g/mol. The first kappa shape index (κ1) is 22.4. The second kappa shape index (κ2) is 7.84. The maximum absolute atomic E-state index is 14.6. The molecule has 3 saturated heterocycles. The number of hydrogen-bond acceptors (Lipinski definition) is 5. The highest BCUT2D eigenvalue weighted by atomic mass is 79.9. The molecule has 0 aliphatic carbocycles. The minimum atomic E-state index is -1.52. The smallest absolute Gasteiger partial charge is 0.255 e. The summed E-state index contributed by atoms with van der Waals surface area (Å²) in [5.41, 5.74) is 4.01. The van der Waals surface area contributed by atoms with E-state index in [0.29, 0.717) is 28.0 Å². The number of anilines is 2. The van der Waals surface area contributed by atoms with E-state index in [9.17, 15) is 19.2 Å². The Bertz CT molecular complexity index is 1510. The van der Waals surface area contributed by atoms with Crippen LogP contribution in [0.1, 0.15) is 17.5 Å². The standard InChI is InChI=1S/C28H21BrN4O4/c29-18-11-5-7-13-20(18)32-25(35)23-21-14-22(34)30-33(21)28(24(23)26(32)36)17-10-4-6-12-19(17)31(27(28)37)15-16-8-2-1-3-9-16/h1-13,21,23-24H,14-15H2,(H,30,34)/t21?,23?,24?,28-/m0/s1. The molecule has 1 spiro atoms. The summed E-state index contributed by atoms with van der Waals surface area (Å²) in [7, 11) is 0. The molecule has 8 nitrogen and oxygen atoms in total. The Morgan fingerprint density at radius 1 is 0.838 bits per heavy atom. The summed E-state index contributed by atoms with van der Waals surface area (Å²) in [6.45, 7) is 0.304. The quantitative estimate of drug-likeness (QED) is 0.500. The van der Waals surface area contributed by atoms with Crippen LogP contribution < -0.4 is 15.2 Å². The van der Waals surface area contributed by atoms with Crippen LogP contribution in [0.15, 0.2) is 83.3 Å². The molecule has 4 atom stereocenters. The van der Waals surface area contributed by atoms with E-state index in [1.807, 2.05) is 54.6 Å². The summed E-state index contributed by atoms with van der Waals surface area (Å²) < 4.78 is 0.604. The van der Waals surface area contributed by atoms with Crippen LogP contribution >= 0.6 is 15.9 Å². The van der Waals surface area contributed by atoms with Crippen molar-refractivity contribution in [2.45, 2.75) is 24.5 Å². The van der Waals surface area contributed by atoms with Crippen molar-refractivity contribution in [3.8, 4) is 0 Å². The summed E-state index contributed by atoms with van der Waals surface area (Å²) in [4.78, 5) is 58.3. The summed E-state index contributed by atoms with van der Waals surface area (Å²) in [5, 5.41) is 1.62. The minimum Gasteiger partial charge on any atom is -0.306 e. The lowest BCUT2D eigenvalue weighted by molar-refractivity contribution is -0.140. The number of hydrazine groups is 1. The molecule has 37 heavy (non-hydrogen) atoms. The Kier molecular flexibility index (Phi) is 4.74. The number of benzene rings is 3. The van der Waals surface area contributed by atoms with Crippen molar-refractivity contribution in [1.29, 1.82) is 0 Å². The van der Waals surface area contributed by atoms with Crippen LogP contribution in [0.4, 0.5) is 11.4 Å². The number of rotatable bonds is 3. The monoisotopic (exact) mass is 556 g/mol. The van der Waals surface area contributed by atoms with Gasteiger partial charge in [-0.1, -0.05) is 60.7 Å². The molecular weight excluding hydrogens is 536 g/mol. The summed E-state index contributed by atoms with van der Waals surface area (Å²) in [5.74, 6) is -3.23. The zero-order valence-electron chi connectivity index (χ0n) is 19.5. The summed E-state index contributed by atoms with van der Waals surface area (Å²) in [6, 6.07) is 23.4. The lowest BCUT2D eigenvalue weighted by Gasteiger charge is -2.36. The number of carbonyl (C=O) groups excluding carboxylic acids is 4. The molecule has 7 rings (SSSR count). The molecule has 4 aliphatic heterocycles. The van der Waals surface area contributed by atoms with E-state index in [4.69, 9.17) is 0 Å². The van der Waals surface area contributed by atoms with Crippen molar-refractivity contribution in [3.63, 3.8) is 0 Å². The Balaban J connectivity index is 1.42. The third kappa shape index (κ3) is 2.81. The second-order valence-electron chi connectivity index (χ2n) is 9.80. The predicted molar refractivity (Wildman–Crippen MR) is 138 cm³/mol. The molecule has 9 heteroatoms. The van der Waals surface area contributed by atoms with Crippen molar-refractivity contribution < 1.29 is 19.2 Å². The van der Waals surface area contributed by atoms with Crippen LogP contribution in [0, 0.1) is 11.8 Å². The first-order valence-corrected chi connectivity index (χ1v) is 12.9. The highest BCUT2D eigenvalue weighted by Gasteiger charge is 2.77. The molecule has 3 unspecified atom stereocenters. The Labute approximate surface area is 220 Å². The molecule has 4 aliphatic rings. The van der Waals surface area contributed by atoms with E-state index in [0.717, 1.165) is 5.56 Å². The van der Waals surface area contributed by atoms with Gasteiger partial charge in [0.05, 0.1) is 30.1 Å². The topological polar surface area (TPSA) is 90.0 Å². The van der Waals surface area contributed by atoms with Crippen molar-refractivity contribution in [1.82, 2.24) is 10.4 Å². The molecule has 184 valence electrons. The fourth-order valence-electron chi connectivity index (χ4n) is 6.64. The summed E-state index contributed by atoms with van der Waals surface area (Å²) >= 11 is 3.47. The predicted octanol–water partition coefficient (Wildman–Crippen LogP) is 3.12. The van der Waals surface area contributed by atoms with Gasteiger partial charge >= 0.3 is 0 Å². The van der Waals surface area contributed by atoms with Crippen LogP contribution in [-0.4, -0.2) is 34.7 Å². The number of hydrogen-bond donors (Lipinski definition) is 1. The first-order chi connectivity index (χ1) is 17.9. The van der Waals surface area contributed by atoms with E-state index in [1.165, 1.54) is 4.90 Å². The number of para-hydroxylation sites is 2. The van der Waals surface area contributed by atoms with Gasteiger partial charge in [0, 0.05) is 22.1 Å². The Morgan fingerprint density at radius 2 is 1.51 bits per heavy atom. The first-order valence-electron chi connectivity index (χ1n) is 12.1. The van der Waals surface area contributed by atoms with Gasteiger partial charge in [0.25, 0.3) is 5.91 Å². The number of imide groups is 1. The molecule has 4 amide bonds. The zero-order chi connectivity index (χ0) is 25.5. The highest BCUT2D eigenvalue weighted by molar-refractivity contribution is 9.10. The fourth-order valence-corrected chi connectivity index (χ4v) is 7.10. The maximum Gasteiger partial charge on any atom is 0.255 e. The van der Waals surface area contributed by atoms with Gasteiger partial charge in [-0.15, -0.1) is 0 Å². The van der Waals surface area contributed by atoms with Crippen molar-refractivity contribution in [2.24, 2.45) is 11.8 Å². The van der Waals surface area contributed by atoms with E-state index in [-0.39, 0.29) is 18.2 Å². The molecule has 0 saturated carbocycles. The van der Waals surface area contributed by atoms with Crippen LogP contribution in [-0.2, 0) is 31.3 Å². The molecule has 1 N–H and O–H groups in total. The van der Waals surface area contributed by atoms with Gasteiger partial charge in [-0.25, -0.2) is 4.90 Å². The van der Waals surface area contributed by atoms with Crippen molar-refractivity contribution in [2.75, 3.05) is 9.80 Å². The molecule has 3 fully saturated rings. The highest BCUT2D eigenvalue weighted by Crippen LogP contribution is 2.61. The van der Waals surface area contributed by atoms with Crippen LogP contribution in [0.3, 0.4) is 0 Å². The van der Waals surface area contributed by atoms with Gasteiger partial charge < -0.3 is 4.90 Å². The SMILES string of the molecule is O=C1CC2C3C(=O)N(c4ccccc4Br)C(=O)C3[C@@]3(C(=O)N(Cc4ccccc4)c4ccccc43)N2N1. The van der Waals surface area contributed by atoms with Crippen LogP contribution in [0.5, 0.6) is 0 Å². The molecule has 0 radical (unpaired) electrons. The molecule has 3 aromatic carbocycles. The fraction of sp³-hybridized carbons (Fsp3) is 0.214. The Morgan fingerprint density at radius 3 is 2.27 bits per heavy atom. The van der Waals surface area contributed by atoms with Gasteiger partial charge in [-0.2, -0.15) is 5.01 Å². The van der Waals surface area contributed by atoms with Gasteiger partial charge in [0.1, 0.15) is 0 Å². The normalized spacial score (nSPS) is 28.2. The molecule has 3 aromatic rings. The van der Waals surface area contributed by atoms with Gasteiger partial charge in [-0.3, -0.25) is 24.6 Å². The lowest BCUT2D eigenvalue weighted by atomic mass is 9.76. The van der Waals surface area contributed by atoms with Crippen LogP contribution in [0.25, 0.3) is 0 Å². The number of nitrogens with zero attached hydrogens (tertiary/aromatic N) is 3. The molecular formula is C28H21BrN4O4. The van der Waals surface area contributed by atoms with E-state index >= 15 is 0 Å². The average Bonchev–Trinajstić information content (AvgIpc) is 3.56. The number of nitrogens with one attached hydrogen (secondary N) is 1. The Hall–Kier alpha value is -3.82. The molecule has 0 aromatic heterocycles. The molecule has 0 bridgehead atoms. The number of carbonyl (C=O) groups is 4. The maximum atomic E-state index is 14.6. The van der Waals surface area contributed by atoms with Crippen molar-refractivity contribution in [3.05, 3.63) is 94.5 Å². The third-order valence-corrected chi connectivity index (χ3v) is 8.69. The third-order valence-electron chi connectivity index (χ3n) is 8.02. The largest absolute Gasteiger partial charge is 0.306 e. The number of amides is 4. The van der Waals surface area contributed by atoms with E-state index in [2.05, 4.69) is 21.4 Å². The van der Waals surface area contributed by atoms with Gasteiger partial charge in [0.15, 0.2) is 5.54 Å². The zero-order valence-corrected chi connectivity index (χ0v) is 21.1. The van der Waals surface area contributed by atoms with Gasteiger partial charge in [0.2, 0.25) is 17.7 Å². The lowest BCUT2D eigenvalue weighted by Crippen LogP contribution is -2.59. The van der Waals surface area contributed by atoms with Gasteiger partial charge in [-0.05, 0) is 39.7 Å². The van der Waals surface area contributed by atoms with Crippen LogP contribution in [0.2, 0.25) is 0 Å². The van der Waals surface area contributed by atoms with Crippen molar-refractivity contribution >= 4 is 50.9 Å². The van der Waals surface area contributed by atoms with E-state index in [1.54, 1.807) is 34.2 Å². The number of fused-ring (bicyclic) bond motifs is 7. The van der Waals surface area contributed by atoms with E-state index < -0.39 is 35.2 Å². The molecule has 4 heterocycles.